The molecular formula is C24H22N2O3. The summed E-state index contributed by atoms with van der Waals surface area (Å²) in [5, 5.41) is 9.49. The lowest BCUT2D eigenvalue weighted by Gasteiger charge is -2.27. The average Bonchev–Trinajstić information content (AvgIpc) is 2.75. The summed E-state index contributed by atoms with van der Waals surface area (Å²) in [5.41, 5.74) is 2.36. The van der Waals surface area contributed by atoms with Gasteiger partial charge in [-0.2, -0.15) is 5.26 Å². The third-order valence-corrected chi connectivity index (χ3v) is 4.67. The third kappa shape index (κ3) is 4.44. The minimum absolute atomic E-state index is 0.00493. The van der Waals surface area contributed by atoms with Crippen LogP contribution in [0, 0.1) is 11.3 Å². The molecule has 0 atom stereocenters. The summed E-state index contributed by atoms with van der Waals surface area (Å²) in [6.07, 6.45) is 2.63. The summed E-state index contributed by atoms with van der Waals surface area (Å²) in [6.45, 7) is 4.44. The summed E-state index contributed by atoms with van der Waals surface area (Å²) in [7, 11) is 0. The first kappa shape index (κ1) is 20.1. The van der Waals surface area contributed by atoms with Gasteiger partial charge >= 0.3 is 0 Å². The van der Waals surface area contributed by atoms with Gasteiger partial charge in [-0.3, -0.25) is 14.5 Å². The summed E-state index contributed by atoms with van der Waals surface area (Å²) in [5.74, 6) is -0.198. The second kappa shape index (κ2) is 9.03. The van der Waals surface area contributed by atoms with E-state index in [9.17, 15) is 14.9 Å². The van der Waals surface area contributed by atoms with Crippen LogP contribution in [0.1, 0.15) is 31.4 Å². The average molecular weight is 386 g/mol. The number of carbonyl (C=O) groups is 2. The molecule has 0 saturated carbocycles. The third-order valence-electron chi connectivity index (χ3n) is 4.67. The zero-order valence-corrected chi connectivity index (χ0v) is 16.5. The van der Waals surface area contributed by atoms with Crippen molar-refractivity contribution < 1.29 is 14.3 Å². The van der Waals surface area contributed by atoms with Crippen molar-refractivity contribution in [3.63, 3.8) is 0 Å². The van der Waals surface area contributed by atoms with E-state index in [1.807, 2.05) is 67.6 Å². The first-order valence-electron chi connectivity index (χ1n) is 9.51. The molecule has 0 aliphatic carbocycles. The van der Waals surface area contributed by atoms with Gasteiger partial charge in [0, 0.05) is 5.57 Å². The van der Waals surface area contributed by atoms with Gasteiger partial charge in [-0.25, -0.2) is 0 Å². The van der Waals surface area contributed by atoms with Crippen molar-refractivity contribution >= 4 is 17.9 Å². The molecule has 1 aliphatic rings. The van der Waals surface area contributed by atoms with Gasteiger partial charge in [0.25, 0.3) is 11.8 Å². The number of benzene rings is 2. The molecule has 2 aromatic rings. The first-order chi connectivity index (χ1) is 14.0. The molecule has 2 amide bonds. The van der Waals surface area contributed by atoms with E-state index in [-0.39, 0.29) is 12.1 Å². The Morgan fingerprint density at radius 3 is 2.34 bits per heavy atom. The maximum Gasteiger partial charge on any atom is 0.271 e. The fourth-order valence-corrected chi connectivity index (χ4v) is 3.09. The van der Waals surface area contributed by atoms with Crippen LogP contribution in [0.4, 0.5) is 0 Å². The van der Waals surface area contributed by atoms with Crippen LogP contribution in [0.5, 0.6) is 5.75 Å². The SMILES string of the molecule is CCCOc1ccc(/C=C2/C(=O)N(Cc3ccccc3)C(=O)C(C#N)=C2C)cc1. The molecule has 1 aliphatic heterocycles. The van der Waals surface area contributed by atoms with E-state index in [1.54, 1.807) is 13.0 Å². The monoisotopic (exact) mass is 386 g/mol. The molecule has 0 saturated heterocycles. The fraction of sp³-hybridized carbons (Fsp3) is 0.208. The van der Waals surface area contributed by atoms with Gasteiger partial charge in [-0.15, -0.1) is 0 Å². The Labute approximate surface area is 170 Å². The van der Waals surface area contributed by atoms with Crippen molar-refractivity contribution in [2.45, 2.75) is 26.8 Å². The van der Waals surface area contributed by atoms with Crippen molar-refractivity contribution in [2.75, 3.05) is 6.61 Å². The van der Waals surface area contributed by atoms with Crippen LogP contribution in [-0.2, 0) is 16.1 Å². The van der Waals surface area contributed by atoms with Crippen LogP contribution >= 0.6 is 0 Å². The van der Waals surface area contributed by atoms with Crippen molar-refractivity contribution in [1.29, 1.82) is 5.26 Å². The second-order valence-electron chi connectivity index (χ2n) is 6.77. The molecule has 0 aromatic heterocycles. The molecule has 2 aromatic carbocycles. The molecule has 0 N–H and O–H groups in total. The first-order valence-corrected chi connectivity index (χ1v) is 9.51. The summed E-state index contributed by atoms with van der Waals surface area (Å²) >= 11 is 0. The number of amides is 2. The van der Waals surface area contributed by atoms with Crippen LogP contribution in [0.3, 0.4) is 0 Å². The molecule has 0 spiro atoms. The van der Waals surface area contributed by atoms with Gasteiger partial charge in [0.1, 0.15) is 17.4 Å². The van der Waals surface area contributed by atoms with Crippen LogP contribution in [0.25, 0.3) is 6.08 Å². The van der Waals surface area contributed by atoms with Gasteiger partial charge in [0.2, 0.25) is 0 Å². The Morgan fingerprint density at radius 1 is 1.03 bits per heavy atom. The van der Waals surface area contributed by atoms with Gasteiger partial charge < -0.3 is 4.74 Å². The van der Waals surface area contributed by atoms with Gasteiger partial charge in [0.05, 0.1) is 13.2 Å². The predicted octanol–water partition coefficient (Wildman–Crippen LogP) is 4.27. The Hall–Kier alpha value is -3.65. The molecule has 0 fully saturated rings. The summed E-state index contributed by atoms with van der Waals surface area (Å²) in [6, 6.07) is 18.6. The largest absolute Gasteiger partial charge is 0.494 e. The highest BCUT2D eigenvalue weighted by Crippen LogP contribution is 2.28. The maximum atomic E-state index is 13.1. The minimum atomic E-state index is -0.556. The Morgan fingerprint density at radius 2 is 1.72 bits per heavy atom. The van der Waals surface area contributed by atoms with E-state index >= 15 is 0 Å². The molecule has 3 rings (SSSR count). The number of rotatable bonds is 6. The topological polar surface area (TPSA) is 70.4 Å². The van der Waals surface area contributed by atoms with Crippen molar-refractivity contribution in [3.05, 3.63) is 82.4 Å². The van der Waals surface area contributed by atoms with Crippen LogP contribution in [-0.4, -0.2) is 23.3 Å². The van der Waals surface area contributed by atoms with Crippen molar-refractivity contribution in [2.24, 2.45) is 0 Å². The smallest absolute Gasteiger partial charge is 0.271 e. The number of ether oxygens (including phenoxy) is 1. The molecule has 146 valence electrons. The van der Waals surface area contributed by atoms with E-state index in [4.69, 9.17) is 4.74 Å². The standard InChI is InChI=1S/C24H22N2O3/c1-3-13-29-20-11-9-18(10-12-20)14-21-17(2)22(15-25)24(28)26(23(21)27)16-19-7-5-4-6-8-19/h4-12,14H,3,13,16H2,1-2H3/b21-14+. The predicted molar refractivity (Wildman–Crippen MR) is 111 cm³/mol. The molecule has 5 heteroatoms. The van der Waals surface area contributed by atoms with E-state index in [0.717, 1.165) is 28.2 Å². The summed E-state index contributed by atoms with van der Waals surface area (Å²) < 4.78 is 5.58. The van der Waals surface area contributed by atoms with E-state index in [1.165, 1.54) is 0 Å². The highest BCUT2D eigenvalue weighted by atomic mass is 16.5. The number of imide groups is 1. The lowest BCUT2D eigenvalue weighted by Crippen LogP contribution is -2.42. The van der Waals surface area contributed by atoms with Gasteiger partial charge in [-0.1, -0.05) is 49.4 Å². The minimum Gasteiger partial charge on any atom is -0.494 e. The lowest BCUT2D eigenvalue weighted by molar-refractivity contribution is -0.141. The van der Waals surface area contributed by atoms with E-state index < -0.39 is 11.8 Å². The molecule has 1 heterocycles. The second-order valence-corrected chi connectivity index (χ2v) is 6.77. The van der Waals surface area contributed by atoms with Crippen LogP contribution < -0.4 is 4.74 Å². The number of hydrogen-bond donors (Lipinski definition) is 0. The molecule has 5 nitrogen and oxygen atoms in total. The lowest BCUT2D eigenvalue weighted by atomic mass is 9.93. The van der Waals surface area contributed by atoms with Crippen LogP contribution in [0.2, 0.25) is 0 Å². The summed E-state index contributed by atoms with van der Waals surface area (Å²) in [4.78, 5) is 26.9. The highest BCUT2D eigenvalue weighted by molar-refractivity contribution is 6.19. The van der Waals surface area contributed by atoms with Crippen molar-refractivity contribution in [1.82, 2.24) is 4.90 Å². The molecule has 0 unspecified atom stereocenters. The number of nitriles is 1. The van der Waals surface area contributed by atoms with E-state index in [0.29, 0.717) is 17.8 Å². The normalized spacial score (nSPS) is 15.6. The molecule has 0 radical (unpaired) electrons. The zero-order chi connectivity index (χ0) is 20.8. The molecular weight excluding hydrogens is 364 g/mol. The Bertz CT molecular complexity index is 1010. The van der Waals surface area contributed by atoms with Gasteiger partial charge in [-0.05, 0) is 48.3 Å². The Balaban J connectivity index is 1.95. The van der Waals surface area contributed by atoms with Crippen molar-refractivity contribution in [3.8, 4) is 11.8 Å². The van der Waals surface area contributed by atoms with Crippen LogP contribution in [0.15, 0.2) is 71.3 Å². The number of hydrogen-bond acceptors (Lipinski definition) is 4. The molecule has 0 bridgehead atoms. The zero-order valence-electron chi connectivity index (χ0n) is 16.5. The Kier molecular flexibility index (Phi) is 6.25. The molecule has 29 heavy (non-hydrogen) atoms. The van der Waals surface area contributed by atoms with E-state index in [2.05, 4.69) is 0 Å². The fourth-order valence-electron chi connectivity index (χ4n) is 3.09. The van der Waals surface area contributed by atoms with Gasteiger partial charge in [0.15, 0.2) is 0 Å². The maximum absolute atomic E-state index is 13.1. The number of nitrogens with zero attached hydrogens (tertiary/aromatic N) is 2. The number of carbonyl (C=O) groups excluding carboxylic acids is 2. The highest BCUT2D eigenvalue weighted by Gasteiger charge is 2.35. The quantitative estimate of drug-likeness (QED) is 0.549.